The van der Waals surface area contributed by atoms with E-state index in [0.29, 0.717) is 0 Å². The molecule has 10 heteroatoms. The van der Waals surface area contributed by atoms with Crippen molar-refractivity contribution in [1.82, 2.24) is 0 Å². The molecule has 0 saturated carbocycles. The van der Waals surface area contributed by atoms with Gasteiger partial charge in [-0.25, -0.2) is 0 Å². The van der Waals surface area contributed by atoms with Gasteiger partial charge in [-0.1, -0.05) is 268 Å². The minimum Gasteiger partial charge on any atom is -0.399 e. The fraction of sp³-hybridized carbons (Fsp3) is 0. The van der Waals surface area contributed by atoms with E-state index in [9.17, 15) is 0 Å². The second-order valence-electron chi connectivity index (χ2n) is 24.9. The van der Waals surface area contributed by atoms with Crippen LogP contribution in [0.25, 0.3) is 73.7 Å². The summed E-state index contributed by atoms with van der Waals surface area (Å²) in [5.41, 5.74) is 24.9. The van der Waals surface area contributed by atoms with Crippen LogP contribution in [-0.2, 0) is 0 Å². The molecule has 0 radical (unpaired) electrons. The van der Waals surface area contributed by atoms with Crippen LogP contribution in [0, 0.1) is 3.57 Å². The molecule has 0 aliphatic heterocycles. The number of fused-ring (bicyclic) bond motifs is 6. The number of thiophene rings is 2. The first-order valence-corrected chi connectivity index (χ1v) is 39.1. The monoisotopic (exact) mass is 1640 g/mol. The molecule has 0 bridgehead atoms. The first-order chi connectivity index (χ1) is 52.2. The first-order valence-electron chi connectivity index (χ1n) is 34.8. The number of rotatable bonds is 13. The number of anilines is 11. The van der Waals surface area contributed by atoms with Gasteiger partial charge >= 0.3 is 0 Å². The van der Waals surface area contributed by atoms with Crippen LogP contribution in [0.1, 0.15) is 0 Å². The summed E-state index contributed by atoms with van der Waals surface area (Å²) in [6, 6.07) is 143. The number of nitrogen functional groups attached to an aromatic ring is 1. The minimum absolute atomic E-state index is 0.834. The number of benzene rings is 16. The predicted octanol–water partition coefficient (Wildman–Crippen LogP) is 30.3. The number of nitrogens with two attached hydrogens (primary N) is 1. The number of hydrogen-bond acceptors (Lipinski definition) is 7. The summed E-state index contributed by atoms with van der Waals surface area (Å²) in [5.74, 6) is 0. The third-order valence-corrected chi connectivity index (χ3v) is 21.3. The van der Waals surface area contributed by atoms with Crippen molar-refractivity contribution in [3.05, 3.63) is 425 Å². The maximum absolute atomic E-state index is 5.78. The fourth-order valence-electron chi connectivity index (χ4n) is 12.6. The number of nitrogens with one attached hydrogen (secondary N) is 2. The van der Waals surface area contributed by atoms with E-state index < -0.39 is 0 Å². The van der Waals surface area contributed by atoms with E-state index in [1.54, 1.807) is 0 Å². The topological polar surface area (TPSA) is 56.6 Å². The van der Waals surface area contributed by atoms with Gasteiger partial charge in [0, 0.05) is 115 Å². The average molecular weight is 1650 g/mol. The molecule has 0 aliphatic carbocycles. The highest BCUT2D eigenvalue weighted by Gasteiger charge is 2.17. The molecular weight excluding hydrogens is 1570 g/mol. The normalized spacial score (nSPS) is 10.6. The molecule has 0 amide bonds. The molecule has 0 atom stereocenters. The zero-order valence-electron chi connectivity index (χ0n) is 57.7. The third kappa shape index (κ3) is 18.6. The second kappa shape index (κ2) is 35.4. The van der Waals surface area contributed by atoms with Gasteiger partial charge in [0.15, 0.2) is 0 Å². The standard InChI is InChI=1S/C36H26N2S.C24H18BrN.C12H8BrI.C12H9NS.C12H11N/c1-4-12-26(13-5-1)27-22-29(37-28-20-21-36-34(25-28)33-18-10-11-19-35(33)39-36)24-32(23-27)38(30-14-6-2-7-15-30)31-16-8-3-9-17-31;25-21-16-20(19-10-4-1-5-11-19)17-24(18-21)26(22-12-6-2-7-13-22)23-14-8-3-9-15-23;13-11-6-10(7-12(14)8-11)9-4-2-1-3-5-9;13-8-5-6-12-10(7-8)9-3-1-2-4-11(9)14-12;1-3-7-11(8-4-1)13-12-9-5-2-6-10-12/h1-25,37H;1-18H;1-8H;1-7H,13H2;1-10,13H. The van der Waals surface area contributed by atoms with Crippen LogP contribution in [-0.4, -0.2) is 0 Å². The van der Waals surface area contributed by atoms with Crippen LogP contribution in [0.4, 0.5) is 62.6 Å². The third-order valence-electron chi connectivity index (χ3n) is 17.5. The highest BCUT2D eigenvalue weighted by molar-refractivity contribution is 14.1. The Labute approximate surface area is 658 Å². The van der Waals surface area contributed by atoms with Crippen LogP contribution < -0.4 is 26.2 Å². The SMILES string of the molecule is Brc1cc(-c2ccccc2)cc(N(c2ccccc2)c2ccccc2)c1.Brc1cc(I)cc(-c2ccccc2)c1.Nc1ccc2sc3ccccc3c2c1.c1ccc(-c2cc(Nc3ccc4sc5ccccc5c4c3)cc(N(c3ccccc3)c3ccccc3)c2)cc1.c1ccc(Nc2ccccc2)cc1. The Morgan fingerprint density at radius 1 is 0.236 bits per heavy atom. The molecule has 4 N–H and O–H groups in total. The Bertz CT molecular complexity index is 5690. The van der Waals surface area contributed by atoms with Crippen molar-refractivity contribution in [1.29, 1.82) is 0 Å². The molecule has 0 saturated heterocycles. The van der Waals surface area contributed by atoms with Gasteiger partial charge in [-0.05, 0) is 232 Å². The van der Waals surface area contributed by atoms with E-state index in [0.717, 1.165) is 77.1 Å². The maximum Gasteiger partial charge on any atom is 0.0488 e. The largest absolute Gasteiger partial charge is 0.399 e. The summed E-state index contributed by atoms with van der Waals surface area (Å²) in [5, 5.41) is 12.2. The van der Waals surface area contributed by atoms with Gasteiger partial charge in [0.1, 0.15) is 0 Å². The maximum atomic E-state index is 5.78. The van der Waals surface area contributed by atoms with Crippen molar-refractivity contribution in [2.75, 3.05) is 26.2 Å². The molecule has 5 nitrogen and oxygen atoms in total. The van der Waals surface area contributed by atoms with E-state index in [4.69, 9.17) is 5.73 Å². The Kier molecular flexibility index (Phi) is 23.9. The van der Waals surface area contributed by atoms with Gasteiger partial charge < -0.3 is 26.2 Å². The predicted molar refractivity (Wildman–Crippen MR) is 476 cm³/mol. The van der Waals surface area contributed by atoms with Crippen molar-refractivity contribution < 1.29 is 0 Å². The van der Waals surface area contributed by atoms with Gasteiger partial charge in [-0.3, -0.25) is 0 Å². The van der Waals surface area contributed by atoms with E-state index in [2.05, 4.69) is 390 Å². The molecule has 16 aromatic carbocycles. The lowest BCUT2D eigenvalue weighted by atomic mass is 10.0. The summed E-state index contributed by atoms with van der Waals surface area (Å²) in [6.45, 7) is 0. The summed E-state index contributed by atoms with van der Waals surface area (Å²) in [7, 11) is 0. The zero-order valence-corrected chi connectivity index (χ0v) is 64.6. The van der Waals surface area contributed by atoms with Crippen molar-refractivity contribution >= 4 is 180 Å². The Hall–Kier alpha value is -11.4. The van der Waals surface area contributed by atoms with Crippen molar-refractivity contribution in [3.63, 3.8) is 0 Å². The van der Waals surface area contributed by atoms with Crippen LogP contribution in [0.5, 0.6) is 0 Å². The summed E-state index contributed by atoms with van der Waals surface area (Å²) >= 11 is 13.2. The van der Waals surface area contributed by atoms with Gasteiger partial charge in [-0.15, -0.1) is 22.7 Å². The molecule has 514 valence electrons. The number of para-hydroxylation sites is 6. The number of hydrogen-bond donors (Lipinski definition) is 3. The van der Waals surface area contributed by atoms with Crippen LogP contribution in [0.15, 0.2) is 421 Å². The van der Waals surface area contributed by atoms with Gasteiger partial charge in [-0.2, -0.15) is 0 Å². The van der Waals surface area contributed by atoms with Gasteiger partial charge in [0.2, 0.25) is 0 Å². The van der Waals surface area contributed by atoms with Gasteiger partial charge in [0.05, 0.1) is 0 Å². The van der Waals surface area contributed by atoms with Crippen molar-refractivity contribution in [2.45, 2.75) is 0 Å². The molecule has 106 heavy (non-hydrogen) atoms. The lowest BCUT2D eigenvalue weighted by Gasteiger charge is -2.27. The quantitative estimate of drug-likeness (QED) is 0.0793. The van der Waals surface area contributed by atoms with Crippen molar-refractivity contribution in [2.24, 2.45) is 0 Å². The lowest BCUT2D eigenvalue weighted by molar-refractivity contribution is 1.28. The highest BCUT2D eigenvalue weighted by atomic mass is 127. The van der Waals surface area contributed by atoms with Crippen LogP contribution in [0.2, 0.25) is 0 Å². The van der Waals surface area contributed by atoms with E-state index in [1.807, 2.05) is 120 Å². The smallest absolute Gasteiger partial charge is 0.0488 e. The number of nitrogens with zero attached hydrogens (tertiary/aromatic N) is 2. The van der Waals surface area contributed by atoms with Gasteiger partial charge in [0.25, 0.3) is 0 Å². The minimum atomic E-state index is 0.834. The Morgan fingerprint density at radius 2 is 0.566 bits per heavy atom. The van der Waals surface area contributed by atoms with E-state index in [-0.39, 0.29) is 0 Å². The highest BCUT2D eigenvalue weighted by Crippen LogP contribution is 2.43. The molecular formula is C96H72Br2IN5S2. The average Bonchev–Trinajstić information content (AvgIpc) is 1.56. The van der Waals surface area contributed by atoms with Crippen LogP contribution >= 0.6 is 77.1 Å². The number of halogens is 3. The molecule has 2 heterocycles. The molecule has 0 aliphatic rings. The fourth-order valence-corrected chi connectivity index (χ4v) is 16.8. The second-order valence-corrected chi connectivity index (χ2v) is 30.1. The molecule has 18 aromatic rings. The van der Waals surface area contributed by atoms with Crippen LogP contribution in [0.3, 0.4) is 0 Å². The summed E-state index contributed by atoms with van der Waals surface area (Å²) in [4.78, 5) is 4.59. The van der Waals surface area contributed by atoms with Crippen molar-refractivity contribution in [3.8, 4) is 33.4 Å². The first kappa shape index (κ1) is 71.6. The molecule has 18 rings (SSSR count). The lowest BCUT2D eigenvalue weighted by Crippen LogP contribution is -2.10. The molecule has 2 aromatic heterocycles. The Morgan fingerprint density at radius 3 is 1.00 bits per heavy atom. The van der Waals surface area contributed by atoms with E-state index >= 15 is 0 Å². The zero-order chi connectivity index (χ0) is 72.2. The molecule has 0 unspecified atom stereocenters. The molecule has 0 fully saturated rings. The summed E-state index contributed by atoms with van der Waals surface area (Å²) in [6.07, 6.45) is 0. The van der Waals surface area contributed by atoms with E-state index in [1.165, 1.54) is 71.7 Å². The molecule has 0 spiro atoms. The Balaban J connectivity index is 0.000000121. The summed E-state index contributed by atoms with van der Waals surface area (Å²) < 4.78 is 8.69.